The summed E-state index contributed by atoms with van der Waals surface area (Å²) < 4.78 is 34.2. The second-order valence-electron chi connectivity index (χ2n) is 6.63. The lowest BCUT2D eigenvalue weighted by atomic mass is 9.98. The molecule has 0 spiro atoms. The van der Waals surface area contributed by atoms with Gasteiger partial charge in [0.15, 0.2) is 0 Å². The van der Waals surface area contributed by atoms with Crippen molar-refractivity contribution in [2.75, 3.05) is 11.3 Å². The molecule has 2 N–H and O–H groups in total. The molecule has 6 heteroatoms. The molecule has 2 aromatic carbocycles. The van der Waals surface area contributed by atoms with Gasteiger partial charge in [-0.1, -0.05) is 39.3 Å². The molecule has 0 saturated heterocycles. The van der Waals surface area contributed by atoms with Gasteiger partial charge >= 0.3 is 0 Å². The Morgan fingerprint density at radius 1 is 1.19 bits per heavy atom. The fraction of sp³-hybridized carbons (Fsp3) is 0.400. The summed E-state index contributed by atoms with van der Waals surface area (Å²) in [6, 6.07) is 9.70. The van der Waals surface area contributed by atoms with E-state index in [1.54, 1.807) is 24.3 Å². The molecule has 0 radical (unpaired) electrons. The van der Waals surface area contributed by atoms with Gasteiger partial charge in [0.05, 0.1) is 12.3 Å². The van der Waals surface area contributed by atoms with Crippen LogP contribution in [0.2, 0.25) is 0 Å². The SMILES string of the molecule is CCCCOc1cc(C)c(C(C)C)cc1S(=O)(=O)Nc1ccccc1O. The van der Waals surface area contributed by atoms with Gasteiger partial charge < -0.3 is 9.84 Å². The topological polar surface area (TPSA) is 75.6 Å². The molecule has 0 fully saturated rings. The first-order chi connectivity index (χ1) is 12.3. The Bertz CT molecular complexity index is 860. The van der Waals surface area contributed by atoms with Gasteiger partial charge in [0.1, 0.15) is 16.4 Å². The predicted octanol–water partition coefficient (Wildman–Crippen LogP) is 4.80. The zero-order chi connectivity index (χ0) is 19.3. The van der Waals surface area contributed by atoms with Crippen molar-refractivity contribution in [2.24, 2.45) is 0 Å². The van der Waals surface area contributed by atoms with E-state index < -0.39 is 10.0 Å². The summed E-state index contributed by atoms with van der Waals surface area (Å²) >= 11 is 0. The third-order valence-electron chi connectivity index (χ3n) is 4.15. The van der Waals surface area contributed by atoms with Gasteiger partial charge in [0.2, 0.25) is 0 Å². The van der Waals surface area contributed by atoms with E-state index >= 15 is 0 Å². The lowest BCUT2D eigenvalue weighted by Gasteiger charge is -2.18. The van der Waals surface area contributed by atoms with Crippen LogP contribution in [0.1, 0.15) is 50.7 Å². The van der Waals surface area contributed by atoms with Crippen molar-refractivity contribution in [3.8, 4) is 11.5 Å². The number of anilines is 1. The van der Waals surface area contributed by atoms with E-state index in [-0.39, 0.29) is 22.3 Å². The number of sulfonamides is 1. The molecule has 2 aromatic rings. The third-order valence-corrected chi connectivity index (χ3v) is 5.53. The van der Waals surface area contributed by atoms with Gasteiger partial charge in [-0.05, 0) is 54.7 Å². The average molecular weight is 378 g/mol. The minimum atomic E-state index is -3.91. The van der Waals surface area contributed by atoms with Crippen molar-refractivity contribution in [3.05, 3.63) is 47.5 Å². The number of rotatable bonds is 8. The fourth-order valence-corrected chi connectivity index (χ4v) is 3.95. The molecule has 0 amide bonds. The number of ether oxygens (including phenoxy) is 1. The first-order valence-electron chi connectivity index (χ1n) is 8.84. The summed E-state index contributed by atoms with van der Waals surface area (Å²) in [6.45, 7) is 8.50. The Labute approximate surface area is 156 Å². The van der Waals surface area contributed by atoms with Gasteiger partial charge in [-0.2, -0.15) is 0 Å². The minimum Gasteiger partial charge on any atom is -0.506 e. The van der Waals surface area contributed by atoms with Crippen LogP contribution >= 0.6 is 0 Å². The molecule has 0 heterocycles. The smallest absolute Gasteiger partial charge is 0.265 e. The van der Waals surface area contributed by atoms with Gasteiger partial charge in [0, 0.05) is 0 Å². The molecule has 0 aliphatic carbocycles. The monoisotopic (exact) mass is 377 g/mol. The van der Waals surface area contributed by atoms with E-state index in [4.69, 9.17) is 4.74 Å². The Morgan fingerprint density at radius 3 is 2.50 bits per heavy atom. The molecule has 0 aliphatic rings. The first-order valence-corrected chi connectivity index (χ1v) is 10.3. The van der Waals surface area contributed by atoms with Crippen molar-refractivity contribution in [1.82, 2.24) is 0 Å². The van der Waals surface area contributed by atoms with Crippen molar-refractivity contribution < 1.29 is 18.3 Å². The van der Waals surface area contributed by atoms with E-state index in [2.05, 4.69) is 4.72 Å². The molecule has 142 valence electrons. The van der Waals surface area contributed by atoms with Crippen LogP contribution in [-0.4, -0.2) is 20.1 Å². The molecule has 0 saturated carbocycles. The highest BCUT2D eigenvalue weighted by atomic mass is 32.2. The van der Waals surface area contributed by atoms with Crippen LogP contribution in [0.15, 0.2) is 41.3 Å². The number of phenolic OH excluding ortho intramolecular Hbond substituents is 1. The summed E-state index contributed by atoms with van der Waals surface area (Å²) in [5, 5.41) is 9.89. The number of aromatic hydroxyl groups is 1. The highest BCUT2D eigenvalue weighted by molar-refractivity contribution is 7.92. The maximum absolute atomic E-state index is 13.0. The van der Waals surface area contributed by atoms with Crippen LogP contribution in [0, 0.1) is 6.92 Å². The van der Waals surface area contributed by atoms with E-state index in [1.165, 1.54) is 12.1 Å². The summed E-state index contributed by atoms with van der Waals surface area (Å²) in [5.74, 6) is 0.391. The van der Waals surface area contributed by atoms with Crippen LogP contribution in [0.4, 0.5) is 5.69 Å². The van der Waals surface area contributed by atoms with Crippen molar-refractivity contribution in [3.63, 3.8) is 0 Å². The number of benzene rings is 2. The van der Waals surface area contributed by atoms with E-state index in [0.29, 0.717) is 12.4 Å². The zero-order valence-corrected chi connectivity index (χ0v) is 16.6. The second kappa shape index (κ2) is 8.45. The highest BCUT2D eigenvalue weighted by Crippen LogP contribution is 2.34. The second-order valence-corrected chi connectivity index (χ2v) is 8.29. The zero-order valence-electron chi connectivity index (χ0n) is 15.7. The average Bonchev–Trinajstić information content (AvgIpc) is 2.56. The summed E-state index contributed by atoms with van der Waals surface area (Å²) in [7, 11) is -3.91. The summed E-state index contributed by atoms with van der Waals surface area (Å²) in [6.07, 6.45) is 1.80. The Hall–Kier alpha value is -2.21. The van der Waals surface area contributed by atoms with Gasteiger partial charge in [0.25, 0.3) is 10.0 Å². The molecule has 0 aromatic heterocycles. The van der Waals surface area contributed by atoms with Crippen LogP contribution in [0.3, 0.4) is 0 Å². The predicted molar refractivity (Wildman–Crippen MR) is 105 cm³/mol. The normalized spacial score (nSPS) is 11.6. The summed E-state index contributed by atoms with van der Waals surface area (Å²) in [5.41, 5.74) is 2.08. The van der Waals surface area contributed by atoms with Crippen LogP contribution < -0.4 is 9.46 Å². The van der Waals surface area contributed by atoms with Crippen molar-refractivity contribution in [1.29, 1.82) is 0 Å². The quantitative estimate of drug-likeness (QED) is 0.512. The Balaban J connectivity index is 2.49. The van der Waals surface area contributed by atoms with Gasteiger partial charge in [-0.25, -0.2) is 8.42 Å². The highest BCUT2D eigenvalue weighted by Gasteiger charge is 2.23. The first kappa shape index (κ1) is 20.1. The molecule has 0 aliphatic heterocycles. The largest absolute Gasteiger partial charge is 0.506 e. The minimum absolute atomic E-state index is 0.0890. The van der Waals surface area contributed by atoms with Crippen LogP contribution in [0.25, 0.3) is 0 Å². The van der Waals surface area contributed by atoms with Crippen LogP contribution in [-0.2, 0) is 10.0 Å². The molecular formula is C20H27NO4S. The van der Waals surface area contributed by atoms with E-state index in [9.17, 15) is 13.5 Å². The number of nitrogens with one attached hydrogen (secondary N) is 1. The summed E-state index contributed by atoms with van der Waals surface area (Å²) in [4.78, 5) is 0.0890. The van der Waals surface area contributed by atoms with E-state index in [1.807, 2.05) is 27.7 Å². The van der Waals surface area contributed by atoms with Crippen molar-refractivity contribution in [2.45, 2.75) is 51.3 Å². The number of unbranched alkanes of at least 4 members (excludes halogenated alkanes) is 1. The Morgan fingerprint density at radius 2 is 1.88 bits per heavy atom. The van der Waals surface area contributed by atoms with Gasteiger partial charge in [-0.3, -0.25) is 4.72 Å². The lowest BCUT2D eigenvalue weighted by Crippen LogP contribution is -2.16. The fourth-order valence-electron chi connectivity index (χ4n) is 2.71. The molecule has 2 rings (SSSR count). The maximum atomic E-state index is 13.0. The number of aryl methyl sites for hydroxylation is 1. The molecule has 0 atom stereocenters. The molecule has 0 bridgehead atoms. The van der Waals surface area contributed by atoms with Crippen LogP contribution in [0.5, 0.6) is 11.5 Å². The third kappa shape index (κ3) is 4.69. The maximum Gasteiger partial charge on any atom is 0.265 e. The molecular weight excluding hydrogens is 350 g/mol. The number of phenols is 1. The Kier molecular flexibility index (Phi) is 6.53. The van der Waals surface area contributed by atoms with E-state index in [0.717, 1.165) is 24.0 Å². The molecule has 26 heavy (non-hydrogen) atoms. The lowest BCUT2D eigenvalue weighted by molar-refractivity contribution is 0.301. The van der Waals surface area contributed by atoms with Gasteiger partial charge in [-0.15, -0.1) is 0 Å². The van der Waals surface area contributed by atoms with Crippen molar-refractivity contribution >= 4 is 15.7 Å². The number of hydrogen-bond donors (Lipinski definition) is 2. The molecule has 5 nitrogen and oxygen atoms in total. The molecule has 0 unspecified atom stereocenters. The standard InChI is InChI=1S/C20H27NO4S/c1-5-6-11-25-19-12-15(4)16(14(2)3)13-20(19)26(23,24)21-17-9-7-8-10-18(17)22/h7-10,12-14,21-22H,5-6,11H2,1-4H3. The number of para-hydroxylation sites is 2. The number of hydrogen-bond acceptors (Lipinski definition) is 4.